The third-order valence-electron chi connectivity index (χ3n) is 7.06. The van der Waals surface area contributed by atoms with Crippen LogP contribution < -0.4 is 0 Å². The normalized spacial score (nSPS) is 13.3. The minimum atomic E-state index is 0.257. The lowest BCUT2D eigenvalue weighted by Crippen LogP contribution is -2.04. The van der Waals surface area contributed by atoms with Gasteiger partial charge in [0, 0.05) is 11.8 Å². The molecular formula is C28H34O2. The molecule has 0 radical (unpaired) electrons. The number of aromatic hydroxyl groups is 2. The van der Waals surface area contributed by atoms with Crippen molar-refractivity contribution in [3.05, 3.63) is 92.0 Å². The number of hydrogen-bond donors (Lipinski definition) is 2. The fourth-order valence-corrected chi connectivity index (χ4v) is 4.53. The predicted molar refractivity (Wildman–Crippen MR) is 126 cm³/mol. The van der Waals surface area contributed by atoms with E-state index in [0.717, 1.165) is 33.4 Å². The van der Waals surface area contributed by atoms with Gasteiger partial charge in [0.25, 0.3) is 0 Å². The summed E-state index contributed by atoms with van der Waals surface area (Å²) in [4.78, 5) is 0. The van der Waals surface area contributed by atoms with E-state index in [1.165, 1.54) is 22.3 Å². The molecule has 0 spiro atoms. The Kier molecular flexibility index (Phi) is 5.99. The molecule has 0 fully saturated rings. The Bertz CT molecular complexity index is 1000. The van der Waals surface area contributed by atoms with Crippen molar-refractivity contribution in [2.24, 2.45) is 0 Å². The Morgan fingerprint density at radius 2 is 0.833 bits per heavy atom. The minimum absolute atomic E-state index is 0.257. The van der Waals surface area contributed by atoms with Gasteiger partial charge in [-0.05, 0) is 97.2 Å². The predicted octanol–water partition coefficient (Wildman–Crippen LogP) is 7.25. The molecule has 0 aliphatic carbocycles. The summed E-state index contributed by atoms with van der Waals surface area (Å²) in [5, 5.41) is 20.5. The fraction of sp³-hybridized carbons (Fsp3) is 0.357. The van der Waals surface area contributed by atoms with Gasteiger partial charge >= 0.3 is 0 Å². The Morgan fingerprint density at radius 1 is 0.533 bits per heavy atom. The van der Waals surface area contributed by atoms with E-state index < -0.39 is 0 Å². The van der Waals surface area contributed by atoms with Crippen LogP contribution in [0.5, 0.6) is 11.5 Å². The van der Waals surface area contributed by atoms with Crippen LogP contribution in [-0.4, -0.2) is 10.2 Å². The zero-order chi connectivity index (χ0) is 22.3. The van der Waals surface area contributed by atoms with Crippen LogP contribution in [0.15, 0.2) is 36.4 Å². The van der Waals surface area contributed by atoms with Crippen molar-refractivity contribution in [2.45, 2.75) is 67.2 Å². The highest BCUT2D eigenvalue weighted by molar-refractivity contribution is 5.53. The molecule has 0 aromatic heterocycles. The fourth-order valence-electron chi connectivity index (χ4n) is 4.53. The van der Waals surface area contributed by atoms with E-state index in [2.05, 4.69) is 64.1 Å². The lowest BCUT2D eigenvalue weighted by Gasteiger charge is -2.21. The highest BCUT2D eigenvalue weighted by atomic mass is 16.3. The molecule has 0 saturated carbocycles. The summed E-state index contributed by atoms with van der Waals surface area (Å²) in [5.41, 5.74) is 11.2. The van der Waals surface area contributed by atoms with Gasteiger partial charge in [-0.2, -0.15) is 0 Å². The molecule has 0 saturated heterocycles. The quantitative estimate of drug-likeness (QED) is 0.482. The van der Waals surface area contributed by atoms with Crippen LogP contribution in [-0.2, 0) is 0 Å². The van der Waals surface area contributed by atoms with Gasteiger partial charge in [0.05, 0.1) is 0 Å². The maximum absolute atomic E-state index is 10.2. The van der Waals surface area contributed by atoms with Crippen LogP contribution >= 0.6 is 0 Å². The molecule has 0 bridgehead atoms. The maximum Gasteiger partial charge on any atom is 0.121 e. The van der Waals surface area contributed by atoms with Gasteiger partial charge in [-0.3, -0.25) is 0 Å². The van der Waals surface area contributed by atoms with E-state index in [4.69, 9.17) is 0 Å². The summed E-state index contributed by atoms with van der Waals surface area (Å²) in [6.45, 7) is 16.6. The Hall–Kier alpha value is -2.74. The molecule has 3 rings (SSSR count). The van der Waals surface area contributed by atoms with Crippen LogP contribution in [0.1, 0.15) is 81.3 Å². The molecule has 2 atom stereocenters. The van der Waals surface area contributed by atoms with Crippen LogP contribution in [0, 0.1) is 41.5 Å². The Balaban J connectivity index is 1.94. The lowest BCUT2D eigenvalue weighted by molar-refractivity contribution is 0.465. The Morgan fingerprint density at radius 3 is 1.13 bits per heavy atom. The van der Waals surface area contributed by atoms with Gasteiger partial charge in [-0.25, -0.2) is 0 Å². The summed E-state index contributed by atoms with van der Waals surface area (Å²) in [6, 6.07) is 13.1. The summed E-state index contributed by atoms with van der Waals surface area (Å²) in [6.07, 6.45) is 0. The van der Waals surface area contributed by atoms with Crippen LogP contribution in [0.2, 0.25) is 0 Å². The van der Waals surface area contributed by atoms with Gasteiger partial charge in [0.15, 0.2) is 0 Å². The van der Waals surface area contributed by atoms with E-state index >= 15 is 0 Å². The highest BCUT2D eigenvalue weighted by Gasteiger charge is 2.18. The molecule has 3 aromatic carbocycles. The van der Waals surface area contributed by atoms with Gasteiger partial charge in [0.2, 0.25) is 0 Å². The van der Waals surface area contributed by atoms with Gasteiger partial charge in [-0.1, -0.05) is 50.2 Å². The molecule has 0 heterocycles. The topological polar surface area (TPSA) is 40.5 Å². The average molecular weight is 403 g/mol. The average Bonchev–Trinajstić information content (AvgIpc) is 2.75. The second-order valence-electron chi connectivity index (χ2n) is 8.87. The molecule has 3 aromatic rings. The molecule has 0 aliphatic rings. The van der Waals surface area contributed by atoms with Crippen molar-refractivity contribution in [3.63, 3.8) is 0 Å². The van der Waals surface area contributed by atoms with Crippen molar-refractivity contribution in [1.29, 1.82) is 0 Å². The van der Waals surface area contributed by atoms with Crippen LogP contribution in [0.3, 0.4) is 0 Å². The van der Waals surface area contributed by atoms with Crippen molar-refractivity contribution >= 4 is 0 Å². The van der Waals surface area contributed by atoms with Crippen molar-refractivity contribution in [1.82, 2.24) is 0 Å². The first-order valence-corrected chi connectivity index (χ1v) is 10.7. The number of rotatable bonds is 4. The summed E-state index contributed by atoms with van der Waals surface area (Å²) < 4.78 is 0. The maximum atomic E-state index is 10.2. The first-order valence-electron chi connectivity index (χ1n) is 10.7. The minimum Gasteiger partial charge on any atom is -0.507 e. The van der Waals surface area contributed by atoms with E-state index in [1.807, 2.05) is 27.7 Å². The van der Waals surface area contributed by atoms with Crippen LogP contribution in [0.25, 0.3) is 0 Å². The van der Waals surface area contributed by atoms with Crippen molar-refractivity contribution < 1.29 is 10.2 Å². The zero-order valence-corrected chi connectivity index (χ0v) is 19.5. The molecule has 0 aliphatic heterocycles. The number of aryl methyl sites for hydroxylation is 2. The molecular weight excluding hydrogens is 368 g/mol. The number of phenolic OH excluding ortho intramolecular Hbond substituents is 2. The smallest absolute Gasteiger partial charge is 0.121 e. The summed E-state index contributed by atoms with van der Waals surface area (Å²) >= 11 is 0. The van der Waals surface area contributed by atoms with E-state index in [0.29, 0.717) is 11.5 Å². The Labute approximate surface area is 181 Å². The molecule has 30 heavy (non-hydrogen) atoms. The molecule has 2 N–H and O–H groups in total. The standard InChI is InChI=1S/C28H34O2/c1-15-13-25(17(3)19(5)27(15)29)21(7)23-9-11-24(12-10-23)22(8)26-14-16(2)28(30)20(6)18(26)4/h9-14,21-22,29-30H,1-8H3. The van der Waals surface area contributed by atoms with Gasteiger partial charge < -0.3 is 10.2 Å². The van der Waals surface area contributed by atoms with E-state index in [-0.39, 0.29) is 11.8 Å². The zero-order valence-electron chi connectivity index (χ0n) is 19.5. The highest BCUT2D eigenvalue weighted by Crippen LogP contribution is 2.37. The van der Waals surface area contributed by atoms with E-state index in [9.17, 15) is 10.2 Å². The summed E-state index contributed by atoms with van der Waals surface area (Å²) in [7, 11) is 0. The number of phenols is 2. The SMILES string of the molecule is Cc1cc(C(C)c2ccc(C(C)c3cc(C)c(O)c(C)c3C)cc2)c(C)c(C)c1O. The lowest BCUT2D eigenvalue weighted by atomic mass is 9.84. The third kappa shape index (κ3) is 3.71. The molecule has 0 amide bonds. The molecule has 2 heteroatoms. The van der Waals surface area contributed by atoms with Gasteiger partial charge in [0.1, 0.15) is 11.5 Å². The van der Waals surface area contributed by atoms with Crippen molar-refractivity contribution in [3.8, 4) is 11.5 Å². The number of benzene rings is 3. The molecule has 2 unspecified atom stereocenters. The molecule has 2 nitrogen and oxygen atoms in total. The second kappa shape index (κ2) is 8.18. The van der Waals surface area contributed by atoms with Gasteiger partial charge in [-0.15, -0.1) is 0 Å². The third-order valence-corrected chi connectivity index (χ3v) is 7.06. The first-order chi connectivity index (χ1) is 14.0. The van der Waals surface area contributed by atoms with E-state index in [1.54, 1.807) is 0 Å². The summed E-state index contributed by atoms with van der Waals surface area (Å²) in [5.74, 6) is 1.32. The first kappa shape index (κ1) is 22.0. The second-order valence-corrected chi connectivity index (χ2v) is 8.87. The molecule has 158 valence electrons. The van der Waals surface area contributed by atoms with Crippen LogP contribution in [0.4, 0.5) is 0 Å². The monoisotopic (exact) mass is 402 g/mol. The van der Waals surface area contributed by atoms with Crippen molar-refractivity contribution in [2.75, 3.05) is 0 Å². The number of hydrogen-bond acceptors (Lipinski definition) is 2. The largest absolute Gasteiger partial charge is 0.507 e.